The fourth-order valence-electron chi connectivity index (χ4n) is 2.49. The molecule has 0 aliphatic carbocycles. The Morgan fingerprint density at radius 1 is 1.29 bits per heavy atom. The van der Waals surface area contributed by atoms with Crippen molar-refractivity contribution in [2.45, 2.75) is 40.2 Å². The van der Waals surface area contributed by atoms with Crippen molar-refractivity contribution in [3.8, 4) is 0 Å². The number of hydrogen-bond acceptors (Lipinski definition) is 1. The van der Waals surface area contributed by atoms with Crippen LogP contribution in [0.3, 0.4) is 0 Å². The number of carbonyl (C=O) groups is 1. The van der Waals surface area contributed by atoms with Crippen molar-refractivity contribution in [1.29, 1.82) is 0 Å². The highest BCUT2D eigenvalue weighted by molar-refractivity contribution is 5.84. The van der Waals surface area contributed by atoms with Crippen molar-refractivity contribution in [2.75, 3.05) is 0 Å². The molecule has 0 amide bonds. The van der Waals surface area contributed by atoms with Crippen molar-refractivity contribution < 1.29 is 4.79 Å². The summed E-state index contributed by atoms with van der Waals surface area (Å²) >= 11 is 0. The standard InChI is InChI=1S/C15H19NO/c1-10(2)16-11(3)7-14-6-5-13(8-12(4)17)9-15(14)16/h5-7,9-10H,8H2,1-4H3. The molecule has 17 heavy (non-hydrogen) atoms. The average molecular weight is 229 g/mol. The third kappa shape index (κ3) is 2.26. The van der Waals surface area contributed by atoms with Gasteiger partial charge in [0.1, 0.15) is 5.78 Å². The summed E-state index contributed by atoms with van der Waals surface area (Å²) in [5.41, 5.74) is 3.61. The number of fused-ring (bicyclic) bond motifs is 1. The molecule has 0 aliphatic heterocycles. The van der Waals surface area contributed by atoms with Gasteiger partial charge in [-0.25, -0.2) is 0 Å². The van der Waals surface area contributed by atoms with Crippen molar-refractivity contribution in [3.05, 3.63) is 35.5 Å². The van der Waals surface area contributed by atoms with E-state index in [1.54, 1.807) is 6.92 Å². The third-order valence-corrected chi connectivity index (χ3v) is 3.07. The number of ketones is 1. The van der Waals surface area contributed by atoms with Gasteiger partial charge in [0.05, 0.1) is 0 Å². The van der Waals surface area contributed by atoms with Gasteiger partial charge in [0.2, 0.25) is 0 Å². The zero-order chi connectivity index (χ0) is 12.6. The highest BCUT2D eigenvalue weighted by Crippen LogP contribution is 2.24. The maximum Gasteiger partial charge on any atom is 0.134 e. The van der Waals surface area contributed by atoms with Gasteiger partial charge < -0.3 is 4.57 Å². The fraction of sp³-hybridized carbons (Fsp3) is 0.400. The number of hydrogen-bond donors (Lipinski definition) is 0. The number of Topliss-reactive ketones (excluding diaryl/α,β-unsaturated/α-hetero) is 1. The highest BCUT2D eigenvalue weighted by atomic mass is 16.1. The molecular formula is C15H19NO. The van der Waals surface area contributed by atoms with Gasteiger partial charge >= 0.3 is 0 Å². The van der Waals surface area contributed by atoms with Gasteiger partial charge in [0.15, 0.2) is 0 Å². The SMILES string of the molecule is CC(=O)Cc1ccc2cc(C)n(C(C)C)c2c1. The van der Waals surface area contributed by atoms with Crippen molar-refractivity contribution >= 4 is 16.7 Å². The van der Waals surface area contributed by atoms with Crippen molar-refractivity contribution in [1.82, 2.24) is 4.57 Å². The van der Waals surface area contributed by atoms with E-state index in [-0.39, 0.29) is 5.78 Å². The molecule has 0 spiro atoms. The van der Waals surface area contributed by atoms with Gasteiger partial charge in [-0.05, 0) is 50.8 Å². The Kier molecular flexibility index (Phi) is 3.05. The smallest absolute Gasteiger partial charge is 0.134 e. The quantitative estimate of drug-likeness (QED) is 0.787. The summed E-state index contributed by atoms with van der Waals surface area (Å²) in [5, 5.41) is 1.25. The lowest BCUT2D eigenvalue weighted by atomic mass is 10.1. The van der Waals surface area contributed by atoms with E-state index in [4.69, 9.17) is 0 Å². The lowest BCUT2D eigenvalue weighted by molar-refractivity contribution is -0.116. The Balaban J connectivity index is 2.58. The number of aromatic nitrogens is 1. The summed E-state index contributed by atoms with van der Waals surface area (Å²) in [6.07, 6.45) is 0.526. The summed E-state index contributed by atoms with van der Waals surface area (Å²) in [7, 11) is 0. The first kappa shape index (κ1) is 11.9. The Hall–Kier alpha value is -1.57. The molecule has 1 aromatic heterocycles. The summed E-state index contributed by atoms with van der Waals surface area (Å²) in [4.78, 5) is 11.2. The van der Waals surface area contributed by atoms with Crippen LogP contribution >= 0.6 is 0 Å². The van der Waals surface area contributed by atoms with Crippen LogP contribution in [0.5, 0.6) is 0 Å². The van der Waals surface area contributed by atoms with Crippen LogP contribution in [-0.2, 0) is 11.2 Å². The monoisotopic (exact) mass is 229 g/mol. The number of rotatable bonds is 3. The Morgan fingerprint density at radius 3 is 2.59 bits per heavy atom. The van der Waals surface area contributed by atoms with E-state index in [1.165, 1.54) is 16.6 Å². The molecule has 0 saturated heterocycles. The molecule has 0 aliphatic rings. The molecule has 0 atom stereocenters. The number of aryl methyl sites for hydroxylation is 1. The van der Waals surface area contributed by atoms with Crippen LogP contribution in [0.1, 0.15) is 38.1 Å². The molecular weight excluding hydrogens is 210 g/mol. The normalized spacial score (nSPS) is 11.4. The van der Waals surface area contributed by atoms with Crippen LogP contribution in [0.15, 0.2) is 24.3 Å². The molecule has 1 aromatic carbocycles. The Bertz CT molecular complexity index is 564. The number of carbonyl (C=O) groups excluding carboxylic acids is 1. The molecule has 2 nitrogen and oxygen atoms in total. The molecule has 0 N–H and O–H groups in total. The topological polar surface area (TPSA) is 22.0 Å². The first-order chi connectivity index (χ1) is 7.99. The summed E-state index contributed by atoms with van der Waals surface area (Å²) < 4.78 is 2.32. The second-order valence-corrected chi connectivity index (χ2v) is 5.02. The van der Waals surface area contributed by atoms with E-state index in [9.17, 15) is 4.79 Å². The predicted molar refractivity (Wildman–Crippen MR) is 71.4 cm³/mol. The lowest BCUT2D eigenvalue weighted by Crippen LogP contribution is -2.03. The molecule has 90 valence electrons. The van der Waals surface area contributed by atoms with E-state index in [1.807, 2.05) is 6.07 Å². The molecule has 2 heteroatoms. The molecule has 0 radical (unpaired) electrons. The first-order valence-corrected chi connectivity index (χ1v) is 6.09. The molecule has 0 unspecified atom stereocenters. The number of benzene rings is 1. The van der Waals surface area contributed by atoms with Gasteiger partial charge in [-0.15, -0.1) is 0 Å². The van der Waals surface area contributed by atoms with Crippen LogP contribution in [0.25, 0.3) is 10.9 Å². The van der Waals surface area contributed by atoms with Gasteiger partial charge in [0.25, 0.3) is 0 Å². The summed E-state index contributed by atoms with van der Waals surface area (Å²) in [5.74, 6) is 0.212. The maximum absolute atomic E-state index is 11.2. The maximum atomic E-state index is 11.2. The fourth-order valence-corrected chi connectivity index (χ4v) is 2.49. The van der Waals surface area contributed by atoms with Crippen LogP contribution in [0.4, 0.5) is 0 Å². The second-order valence-electron chi connectivity index (χ2n) is 5.02. The summed E-state index contributed by atoms with van der Waals surface area (Å²) in [6.45, 7) is 8.13. The molecule has 2 aromatic rings. The molecule has 2 rings (SSSR count). The van der Waals surface area contributed by atoms with E-state index >= 15 is 0 Å². The van der Waals surface area contributed by atoms with Crippen LogP contribution < -0.4 is 0 Å². The zero-order valence-corrected chi connectivity index (χ0v) is 10.9. The largest absolute Gasteiger partial charge is 0.342 e. The van der Waals surface area contributed by atoms with Gasteiger partial charge in [0, 0.05) is 23.7 Å². The Morgan fingerprint density at radius 2 is 2.00 bits per heavy atom. The first-order valence-electron chi connectivity index (χ1n) is 6.09. The summed E-state index contributed by atoms with van der Waals surface area (Å²) in [6, 6.07) is 8.95. The van der Waals surface area contributed by atoms with E-state index in [0.717, 1.165) is 5.56 Å². The zero-order valence-electron chi connectivity index (χ0n) is 10.9. The van der Waals surface area contributed by atoms with E-state index in [2.05, 4.69) is 43.5 Å². The third-order valence-electron chi connectivity index (χ3n) is 3.07. The molecule has 0 bridgehead atoms. The predicted octanol–water partition coefficient (Wildman–Crippen LogP) is 3.66. The minimum atomic E-state index is 0.212. The second kappa shape index (κ2) is 4.36. The van der Waals surface area contributed by atoms with E-state index in [0.29, 0.717) is 12.5 Å². The van der Waals surface area contributed by atoms with Crippen LogP contribution in [0, 0.1) is 6.92 Å². The van der Waals surface area contributed by atoms with Crippen molar-refractivity contribution in [3.63, 3.8) is 0 Å². The molecule has 0 saturated carbocycles. The lowest BCUT2D eigenvalue weighted by Gasteiger charge is -2.12. The number of nitrogens with zero attached hydrogens (tertiary/aromatic N) is 1. The molecule has 1 heterocycles. The highest BCUT2D eigenvalue weighted by Gasteiger charge is 2.09. The van der Waals surface area contributed by atoms with E-state index < -0.39 is 0 Å². The minimum Gasteiger partial charge on any atom is -0.342 e. The molecule has 0 fully saturated rings. The van der Waals surface area contributed by atoms with Gasteiger partial charge in [-0.2, -0.15) is 0 Å². The minimum absolute atomic E-state index is 0.212. The van der Waals surface area contributed by atoms with Crippen LogP contribution in [0.2, 0.25) is 0 Å². The average Bonchev–Trinajstić information content (AvgIpc) is 2.52. The van der Waals surface area contributed by atoms with Gasteiger partial charge in [-0.1, -0.05) is 12.1 Å². The van der Waals surface area contributed by atoms with Crippen molar-refractivity contribution in [2.24, 2.45) is 0 Å². The Labute approximate surface area is 102 Å². The van der Waals surface area contributed by atoms with Gasteiger partial charge in [-0.3, -0.25) is 4.79 Å². The van der Waals surface area contributed by atoms with Crippen LogP contribution in [-0.4, -0.2) is 10.4 Å².